The molecule has 25 heavy (non-hydrogen) atoms. The molecule has 1 aliphatic heterocycles. The molecule has 6 heteroatoms. The minimum absolute atomic E-state index is 0.0135. The third-order valence-corrected chi connectivity index (χ3v) is 4.98. The summed E-state index contributed by atoms with van der Waals surface area (Å²) in [7, 11) is 3.56. The molecule has 1 N–H and O–H groups in total. The molecule has 0 bridgehead atoms. The van der Waals surface area contributed by atoms with Crippen LogP contribution in [-0.4, -0.2) is 40.8 Å². The minimum atomic E-state index is 0.0135. The Balaban J connectivity index is 1.67. The van der Waals surface area contributed by atoms with E-state index in [1.54, 1.807) is 11.8 Å². The molecule has 0 spiro atoms. The van der Waals surface area contributed by atoms with Crippen LogP contribution < -0.4 is 10.1 Å². The number of hydrogen-bond acceptors (Lipinski definition) is 4. The van der Waals surface area contributed by atoms with Crippen LogP contribution in [0.15, 0.2) is 24.3 Å². The number of methoxy groups -OCH3 is 1. The maximum Gasteiger partial charge on any atom is 0.238 e. The fourth-order valence-corrected chi connectivity index (χ4v) is 3.54. The molecule has 6 nitrogen and oxygen atoms in total. The standard InChI is InChI=1S/C19H26N4O2/c1-13-19(14(2)22(3)21-13)20-18(24)12-23-11-5-6-17(23)15-7-9-16(25-4)10-8-15/h7-10,17H,5-6,11-12H2,1-4H3,(H,20,24). The lowest BCUT2D eigenvalue weighted by atomic mass is 10.0. The first kappa shape index (κ1) is 17.5. The molecular formula is C19H26N4O2. The van der Waals surface area contributed by atoms with Crippen molar-refractivity contribution in [1.29, 1.82) is 0 Å². The SMILES string of the molecule is COc1ccc(C2CCCN2CC(=O)Nc2c(C)nn(C)c2C)cc1. The summed E-state index contributed by atoms with van der Waals surface area (Å²) in [6.07, 6.45) is 2.18. The number of likely N-dealkylation sites (tertiary alicyclic amines) is 1. The highest BCUT2D eigenvalue weighted by Crippen LogP contribution is 2.32. The maximum atomic E-state index is 12.5. The first-order valence-corrected chi connectivity index (χ1v) is 8.67. The Morgan fingerprint density at radius 2 is 2.04 bits per heavy atom. The van der Waals surface area contributed by atoms with Gasteiger partial charge in [-0.05, 0) is 50.9 Å². The highest BCUT2D eigenvalue weighted by molar-refractivity contribution is 5.93. The van der Waals surface area contributed by atoms with Crippen molar-refractivity contribution in [2.24, 2.45) is 7.05 Å². The number of nitrogens with zero attached hydrogens (tertiary/aromatic N) is 3. The van der Waals surface area contributed by atoms with Gasteiger partial charge in [-0.3, -0.25) is 14.4 Å². The second-order valence-corrected chi connectivity index (χ2v) is 6.62. The number of ether oxygens (including phenoxy) is 1. The second kappa shape index (κ2) is 7.27. The molecular weight excluding hydrogens is 316 g/mol. The van der Waals surface area contributed by atoms with Crippen LogP contribution >= 0.6 is 0 Å². The third-order valence-electron chi connectivity index (χ3n) is 4.98. The summed E-state index contributed by atoms with van der Waals surface area (Å²) in [6, 6.07) is 8.43. The van der Waals surface area contributed by atoms with Crippen LogP contribution in [0.2, 0.25) is 0 Å². The molecule has 1 aliphatic rings. The summed E-state index contributed by atoms with van der Waals surface area (Å²) >= 11 is 0. The molecule has 0 saturated carbocycles. The van der Waals surface area contributed by atoms with Gasteiger partial charge in [-0.15, -0.1) is 0 Å². The fraction of sp³-hybridized carbons (Fsp3) is 0.474. The van der Waals surface area contributed by atoms with Gasteiger partial charge < -0.3 is 10.1 Å². The monoisotopic (exact) mass is 342 g/mol. The van der Waals surface area contributed by atoms with E-state index in [9.17, 15) is 4.79 Å². The number of amides is 1. The van der Waals surface area contributed by atoms with Crippen molar-refractivity contribution in [1.82, 2.24) is 14.7 Å². The molecule has 2 heterocycles. The van der Waals surface area contributed by atoms with E-state index in [1.807, 2.05) is 33.0 Å². The van der Waals surface area contributed by atoms with Gasteiger partial charge in [-0.25, -0.2) is 0 Å². The van der Waals surface area contributed by atoms with Crippen LogP contribution in [-0.2, 0) is 11.8 Å². The lowest BCUT2D eigenvalue weighted by Crippen LogP contribution is -2.33. The third kappa shape index (κ3) is 3.69. The van der Waals surface area contributed by atoms with Crippen LogP contribution in [0.5, 0.6) is 5.75 Å². The lowest BCUT2D eigenvalue weighted by Gasteiger charge is -2.24. The molecule has 134 valence electrons. The Kier molecular flexibility index (Phi) is 5.08. The summed E-state index contributed by atoms with van der Waals surface area (Å²) < 4.78 is 7.02. The van der Waals surface area contributed by atoms with Gasteiger partial charge in [0.25, 0.3) is 0 Å². The molecule has 1 amide bonds. The van der Waals surface area contributed by atoms with Crippen LogP contribution in [0.1, 0.15) is 35.8 Å². The van der Waals surface area contributed by atoms with Crippen molar-refractivity contribution in [3.8, 4) is 5.75 Å². The maximum absolute atomic E-state index is 12.5. The lowest BCUT2D eigenvalue weighted by molar-refractivity contribution is -0.117. The van der Waals surface area contributed by atoms with Crippen molar-refractivity contribution in [2.45, 2.75) is 32.7 Å². The van der Waals surface area contributed by atoms with Crippen molar-refractivity contribution in [3.63, 3.8) is 0 Å². The van der Waals surface area contributed by atoms with E-state index in [4.69, 9.17) is 4.74 Å². The Bertz CT molecular complexity index is 752. The van der Waals surface area contributed by atoms with Gasteiger partial charge in [0.05, 0.1) is 30.7 Å². The van der Waals surface area contributed by atoms with Crippen molar-refractivity contribution in [2.75, 3.05) is 25.5 Å². The first-order chi connectivity index (χ1) is 12.0. The van der Waals surface area contributed by atoms with Gasteiger partial charge in [0.15, 0.2) is 0 Å². The van der Waals surface area contributed by atoms with E-state index >= 15 is 0 Å². The van der Waals surface area contributed by atoms with Crippen molar-refractivity contribution in [3.05, 3.63) is 41.2 Å². The van der Waals surface area contributed by atoms with E-state index in [0.717, 1.165) is 42.2 Å². The molecule has 1 aromatic heterocycles. The summed E-state index contributed by atoms with van der Waals surface area (Å²) in [6.45, 7) is 5.21. The van der Waals surface area contributed by atoms with E-state index < -0.39 is 0 Å². The van der Waals surface area contributed by atoms with Crippen LogP contribution in [0.4, 0.5) is 5.69 Å². The molecule has 0 aliphatic carbocycles. The number of anilines is 1. The zero-order valence-corrected chi connectivity index (χ0v) is 15.4. The summed E-state index contributed by atoms with van der Waals surface area (Å²) in [5.74, 6) is 0.869. The quantitative estimate of drug-likeness (QED) is 0.908. The predicted octanol–water partition coefficient (Wildman–Crippen LogP) is 2.82. The van der Waals surface area contributed by atoms with E-state index in [-0.39, 0.29) is 11.9 Å². The van der Waals surface area contributed by atoms with Gasteiger partial charge in [-0.1, -0.05) is 12.1 Å². The van der Waals surface area contributed by atoms with Gasteiger partial charge in [0, 0.05) is 13.1 Å². The number of benzene rings is 1. The van der Waals surface area contributed by atoms with Crippen molar-refractivity contribution >= 4 is 11.6 Å². The molecule has 0 radical (unpaired) electrons. The molecule has 1 unspecified atom stereocenters. The summed E-state index contributed by atoms with van der Waals surface area (Å²) in [5.41, 5.74) is 3.88. The van der Waals surface area contributed by atoms with Crippen LogP contribution in [0.25, 0.3) is 0 Å². The number of aryl methyl sites for hydroxylation is 2. The Labute approximate surface area is 148 Å². The van der Waals surface area contributed by atoms with Gasteiger partial charge in [0.2, 0.25) is 5.91 Å². The largest absolute Gasteiger partial charge is 0.497 e. The number of rotatable bonds is 5. The first-order valence-electron chi connectivity index (χ1n) is 8.67. The highest BCUT2D eigenvalue weighted by atomic mass is 16.5. The fourth-order valence-electron chi connectivity index (χ4n) is 3.54. The smallest absolute Gasteiger partial charge is 0.238 e. The zero-order chi connectivity index (χ0) is 18.0. The van der Waals surface area contributed by atoms with E-state index in [2.05, 4.69) is 27.4 Å². The number of carbonyl (C=O) groups excluding carboxylic acids is 1. The molecule has 1 fully saturated rings. The van der Waals surface area contributed by atoms with E-state index in [1.165, 1.54) is 5.56 Å². The zero-order valence-electron chi connectivity index (χ0n) is 15.4. The molecule has 2 aromatic rings. The van der Waals surface area contributed by atoms with Gasteiger partial charge in [-0.2, -0.15) is 5.10 Å². The second-order valence-electron chi connectivity index (χ2n) is 6.62. The average Bonchev–Trinajstić information content (AvgIpc) is 3.15. The molecule has 1 saturated heterocycles. The minimum Gasteiger partial charge on any atom is -0.497 e. The summed E-state index contributed by atoms with van der Waals surface area (Å²) in [4.78, 5) is 14.8. The van der Waals surface area contributed by atoms with E-state index in [0.29, 0.717) is 6.54 Å². The highest BCUT2D eigenvalue weighted by Gasteiger charge is 2.28. The Morgan fingerprint density at radius 1 is 1.32 bits per heavy atom. The van der Waals surface area contributed by atoms with Crippen molar-refractivity contribution < 1.29 is 9.53 Å². The van der Waals surface area contributed by atoms with Gasteiger partial charge in [0.1, 0.15) is 5.75 Å². The van der Waals surface area contributed by atoms with Crippen LogP contribution in [0, 0.1) is 13.8 Å². The van der Waals surface area contributed by atoms with Crippen LogP contribution in [0.3, 0.4) is 0 Å². The average molecular weight is 342 g/mol. The molecule has 3 rings (SSSR count). The normalized spacial score (nSPS) is 17.7. The topological polar surface area (TPSA) is 59.4 Å². The predicted molar refractivity (Wildman–Crippen MR) is 97.9 cm³/mol. The molecule has 1 aromatic carbocycles. The van der Waals surface area contributed by atoms with Gasteiger partial charge >= 0.3 is 0 Å². The Morgan fingerprint density at radius 3 is 2.64 bits per heavy atom. The number of carbonyl (C=O) groups is 1. The number of hydrogen-bond donors (Lipinski definition) is 1. The summed E-state index contributed by atoms with van der Waals surface area (Å²) in [5, 5.41) is 7.38. The Hall–Kier alpha value is -2.34. The molecule has 1 atom stereocenters. The number of aromatic nitrogens is 2. The number of nitrogens with one attached hydrogen (secondary N) is 1.